The van der Waals surface area contributed by atoms with Crippen LogP contribution in [-0.4, -0.2) is 32.4 Å². The molecule has 4 bridgehead atoms. The molecule has 6 rings (SSSR count). The van der Waals surface area contributed by atoms with Crippen molar-refractivity contribution in [3.63, 3.8) is 0 Å². The Balaban J connectivity index is 0.000000281. The second kappa shape index (κ2) is 9.99. The topological polar surface area (TPSA) is 66.2 Å². The summed E-state index contributed by atoms with van der Waals surface area (Å²) >= 11 is 0. The third-order valence-corrected chi connectivity index (χ3v) is 6.92. The van der Waals surface area contributed by atoms with E-state index in [2.05, 4.69) is 29.2 Å². The van der Waals surface area contributed by atoms with Gasteiger partial charge in [-0.3, -0.25) is 4.98 Å². The minimum Gasteiger partial charge on any atom is -0.393 e. The molecule has 0 aliphatic heterocycles. The largest absolute Gasteiger partial charge is 0.393 e. The normalized spacial score (nSPS) is 30.6. The van der Waals surface area contributed by atoms with Gasteiger partial charge in [-0.15, -0.1) is 35.9 Å². The second-order valence-corrected chi connectivity index (χ2v) is 9.70. The monoisotopic (exact) mass is 586 g/mol. The molecule has 0 amide bonds. The summed E-state index contributed by atoms with van der Waals surface area (Å²) in [5.41, 5.74) is 3.76. The van der Waals surface area contributed by atoms with Gasteiger partial charge < -0.3 is 10.2 Å². The molecule has 2 atom stereocenters. The molecule has 0 saturated heterocycles. The van der Waals surface area contributed by atoms with Gasteiger partial charge in [0.15, 0.2) is 0 Å². The number of aliphatic hydroxyl groups excluding tert-OH is 2. The van der Waals surface area contributed by atoms with Crippen molar-refractivity contribution in [2.24, 2.45) is 17.8 Å². The van der Waals surface area contributed by atoms with Gasteiger partial charge in [0.05, 0.1) is 12.2 Å². The third kappa shape index (κ3) is 5.37. The molecule has 165 valence electrons. The molecule has 4 aliphatic rings. The van der Waals surface area contributed by atoms with Crippen molar-refractivity contribution in [1.29, 1.82) is 0 Å². The van der Waals surface area contributed by atoms with Crippen molar-refractivity contribution in [3.8, 4) is 11.3 Å². The Morgan fingerprint density at radius 1 is 1.00 bits per heavy atom. The van der Waals surface area contributed by atoms with Crippen LogP contribution in [0.3, 0.4) is 0 Å². The maximum atomic E-state index is 8.56. The van der Waals surface area contributed by atoms with Gasteiger partial charge in [-0.05, 0) is 82.2 Å². The maximum absolute atomic E-state index is 8.56. The van der Waals surface area contributed by atoms with Gasteiger partial charge >= 0.3 is 0 Å². The summed E-state index contributed by atoms with van der Waals surface area (Å²) < 4.78 is 0. The zero-order valence-electron chi connectivity index (χ0n) is 17.9. The summed E-state index contributed by atoms with van der Waals surface area (Å²) in [5, 5.41) is 17.1. The van der Waals surface area contributed by atoms with Crippen LogP contribution in [0.5, 0.6) is 0 Å². The van der Waals surface area contributed by atoms with E-state index in [1.807, 2.05) is 12.1 Å². The van der Waals surface area contributed by atoms with Gasteiger partial charge in [0.1, 0.15) is 6.33 Å². The fourth-order valence-electron chi connectivity index (χ4n) is 6.27. The molecule has 5 heteroatoms. The Labute approximate surface area is 193 Å². The molecule has 2 N–H and O–H groups in total. The average molecular weight is 586 g/mol. The molecular weight excluding hydrogens is 553 g/mol. The zero-order chi connectivity index (χ0) is 20.4. The van der Waals surface area contributed by atoms with Crippen molar-refractivity contribution < 1.29 is 30.3 Å². The van der Waals surface area contributed by atoms with Crippen LogP contribution in [0, 0.1) is 23.8 Å². The number of aliphatic hydroxyl groups is 2. The summed E-state index contributed by atoms with van der Waals surface area (Å²) in [4.78, 5) is 9.22. The molecule has 2 aromatic rings. The number of nitrogens with zero attached hydrogens (tertiary/aromatic N) is 2. The fraction of sp³-hybridized carbons (Fsp3) is 0.600. The molecule has 1 aromatic heterocycles. The smallest absolute Gasteiger partial charge is 0.105 e. The third-order valence-electron chi connectivity index (χ3n) is 6.92. The van der Waals surface area contributed by atoms with Crippen molar-refractivity contribution in [2.75, 3.05) is 0 Å². The van der Waals surface area contributed by atoms with E-state index in [-0.39, 0.29) is 32.3 Å². The molecule has 4 saturated carbocycles. The molecule has 1 aromatic carbocycles. The molecule has 0 spiro atoms. The quantitative estimate of drug-likeness (QED) is 0.517. The van der Waals surface area contributed by atoms with E-state index in [9.17, 15) is 0 Å². The first kappa shape index (κ1) is 23.5. The Morgan fingerprint density at radius 2 is 1.60 bits per heavy atom. The molecular formula is C25H33IrN2O2-. The van der Waals surface area contributed by atoms with Crippen LogP contribution in [0.1, 0.15) is 64.5 Å². The Morgan fingerprint density at radius 3 is 2.07 bits per heavy atom. The standard InChI is InChI=1S/C20H21N2.C5H12O2.Ir/c1-2-4-17(5-3-1)18-9-19(22-13-21-18)20-10-14-6-15(11-20)8-16(7-14)12-20;1-4(6)3-5(2)7;/h1-4,9,13-16H,6-8,10-12H2;4-7H,3H2,1-2H3;/q-1;;. The minimum atomic E-state index is -0.375. The first-order chi connectivity index (χ1) is 13.9. The van der Waals surface area contributed by atoms with E-state index in [0.29, 0.717) is 11.8 Å². The van der Waals surface area contributed by atoms with Crippen molar-refractivity contribution in [3.05, 3.63) is 48.4 Å². The fourth-order valence-corrected chi connectivity index (χ4v) is 6.27. The van der Waals surface area contributed by atoms with Crippen LogP contribution in [-0.2, 0) is 25.5 Å². The molecule has 4 aliphatic carbocycles. The van der Waals surface area contributed by atoms with Crippen molar-refractivity contribution in [2.45, 2.75) is 76.4 Å². The van der Waals surface area contributed by atoms with E-state index in [0.717, 1.165) is 29.0 Å². The Hall–Kier alpha value is -1.13. The SMILES string of the molecule is CC(O)CC(C)O.[Ir].[c-]1ccccc1-c1cc(C23CC4CC(CC(C4)C2)C3)ncn1. The van der Waals surface area contributed by atoms with Gasteiger partial charge in [0.2, 0.25) is 0 Å². The Bertz CT molecular complexity index is 769. The first-order valence-electron chi connectivity index (χ1n) is 11.1. The van der Waals surface area contributed by atoms with Gasteiger partial charge in [0, 0.05) is 31.2 Å². The summed E-state index contributed by atoms with van der Waals surface area (Å²) in [7, 11) is 0. The average Bonchev–Trinajstić information content (AvgIpc) is 2.67. The molecule has 2 unspecified atom stereocenters. The number of hydrogen-bond donors (Lipinski definition) is 2. The van der Waals surface area contributed by atoms with Crippen LogP contribution in [0.4, 0.5) is 0 Å². The second-order valence-electron chi connectivity index (χ2n) is 9.70. The maximum Gasteiger partial charge on any atom is 0.105 e. The van der Waals surface area contributed by atoms with Crippen molar-refractivity contribution in [1.82, 2.24) is 9.97 Å². The van der Waals surface area contributed by atoms with Crippen LogP contribution >= 0.6 is 0 Å². The van der Waals surface area contributed by atoms with Gasteiger partial charge in [-0.2, -0.15) is 0 Å². The molecule has 4 nitrogen and oxygen atoms in total. The first-order valence-corrected chi connectivity index (χ1v) is 11.1. The molecule has 1 heterocycles. The summed E-state index contributed by atoms with van der Waals surface area (Å²) in [6, 6.07) is 13.7. The number of aromatic nitrogens is 2. The number of hydrogen-bond acceptors (Lipinski definition) is 4. The predicted octanol–water partition coefficient (Wildman–Crippen LogP) is 4.55. The Kier molecular flexibility index (Phi) is 7.84. The van der Waals surface area contributed by atoms with Gasteiger partial charge in [-0.25, -0.2) is 4.98 Å². The van der Waals surface area contributed by atoms with Crippen LogP contribution < -0.4 is 0 Å². The van der Waals surface area contributed by atoms with Gasteiger partial charge in [0.25, 0.3) is 0 Å². The van der Waals surface area contributed by atoms with E-state index >= 15 is 0 Å². The van der Waals surface area contributed by atoms with E-state index in [1.54, 1.807) is 20.2 Å². The number of rotatable bonds is 4. The molecule has 1 radical (unpaired) electrons. The summed E-state index contributed by atoms with van der Waals surface area (Å²) in [6.07, 6.45) is 9.98. The summed E-state index contributed by atoms with van der Waals surface area (Å²) in [6.45, 7) is 3.32. The van der Waals surface area contributed by atoms with E-state index in [4.69, 9.17) is 15.2 Å². The predicted molar refractivity (Wildman–Crippen MR) is 114 cm³/mol. The summed E-state index contributed by atoms with van der Waals surface area (Å²) in [5.74, 6) is 2.86. The van der Waals surface area contributed by atoms with Gasteiger partial charge in [-0.1, -0.05) is 6.07 Å². The van der Waals surface area contributed by atoms with E-state index in [1.165, 1.54) is 44.2 Å². The number of benzene rings is 1. The molecule has 4 fully saturated rings. The zero-order valence-corrected chi connectivity index (χ0v) is 20.3. The molecule has 30 heavy (non-hydrogen) atoms. The van der Waals surface area contributed by atoms with E-state index < -0.39 is 0 Å². The minimum absolute atomic E-state index is 0. The van der Waals surface area contributed by atoms with Crippen LogP contribution in [0.25, 0.3) is 11.3 Å². The van der Waals surface area contributed by atoms with Crippen LogP contribution in [0.2, 0.25) is 0 Å². The van der Waals surface area contributed by atoms with Crippen molar-refractivity contribution >= 4 is 0 Å². The van der Waals surface area contributed by atoms with Crippen LogP contribution in [0.15, 0.2) is 36.7 Å².